The molecule has 1 rings (SSSR count). The van der Waals surface area contributed by atoms with Crippen LogP contribution in [-0.2, 0) is 24.7 Å². The Hall–Kier alpha value is -0.555. The maximum absolute atomic E-state index is 12.7. The largest absolute Gasteiger partial charge is 1.00 e. The molecular weight excluding hydrogens is 382 g/mol. The summed E-state index contributed by atoms with van der Waals surface area (Å²) in [5.41, 5.74) is -15.1. The molecule has 130 valence electrons. The molecule has 0 heterocycles. The molecule has 0 nitrogen and oxygen atoms in total. The van der Waals surface area contributed by atoms with E-state index >= 15 is 0 Å². The van der Waals surface area contributed by atoms with Crippen LogP contribution in [0.1, 0.15) is 23.7 Å². The van der Waals surface area contributed by atoms with Crippen LogP contribution in [0.25, 0.3) is 0 Å². The first-order valence-corrected chi connectivity index (χ1v) is 5.13. The molecule has 1 aromatic rings. The third-order valence-electron chi connectivity index (χ3n) is 2.51. The van der Waals surface area contributed by atoms with Gasteiger partial charge in [0.1, 0.15) is 7.85 Å². The molecule has 24 heavy (non-hydrogen) atoms. The molecule has 0 N–H and O–H groups in total. The first-order chi connectivity index (χ1) is 9.88. The van der Waals surface area contributed by atoms with Gasteiger partial charge in [0, 0.05) is 0 Å². The Bertz CT molecular complexity index is 613. The summed E-state index contributed by atoms with van der Waals surface area (Å²) >= 11 is 0. The minimum Gasteiger partial charge on any atom is -1.00 e. The molecule has 0 amide bonds. The number of halogens is 12. The van der Waals surface area contributed by atoms with E-state index in [1.165, 1.54) is 0 Å². The summed E-state index contributed by atoms with van der Waals surface area (Å²) in [5.74, 6) is 0. The summed E-state index contributed by atoms with van der Waals surface area (Å²) in [6.45, 7) is 0. The van der Waals surface area contributed by atoms with Crippen molar-refractivity contribution in [1.82, 2.24) is 0 Å². The molecule has 0 aromatic heterocycles. The average Bonchev–Trinajstić information content (AvgIpc) is 2.21. The number of hydrogen-bond acceptors (Lipinski definition) is 0. The minimum absolute atomic E-state index is 0. The molecule has 0 saturated heterocycles. The zero-order valence-electron chi connectivity index (χ0n) is 12.2. The summed E-state index contributed by atoms with van der Waals surface area (Å²) in [6, 6.07) is -0.819. The Kier molecular flexibility index (Phi) is 6.48. The van der Waals surface area contributed by atoms with Gasteiger partial charge in [-0.2, -0.15) is 52.7 Å². The maximum atomic E-state index is 12.7. The van der Waals surface area contributed by atoms with Crippen LogP contribution in [0.5, 0.6) is 0 Å². The topological polar surface area (TPSA) is 0 Å². The molecule has 0 bridgehead atoms. The summed E-state index contributed by atoms with van der Waals surface area (Å²) in [4.78, 5) is 0. The molecule has 14 heteroatoms. The second-order valence-electron chi connectivity index (χ2n) is 4.13. The second-order valence-corrected chi connectivity index (χ2v) is 4.13. The van der Waals surface area contributed by atoms with E-state index in [9.17, 15) is 52.7 Å². The Labute approximate surface area is 150 Å². The first kappa shape index (κ1) is 23.4. The summed E-state index contributed by atoms with van der Waals surface area (Å²) in [5, 5.41) is 0. The fourth-order valence-corrected chi connectivity index (χ4v) is 1.81. The predicted molar refractivity (Wildman–Crippen MR) is 52.9 cm³/mol. The van der Waals surface area contributed by atoms with E-state index in [0.29, 0.717) is 0 Å². The van der Waals surface area contributed by atoms with Gasteiger partial charge in [-0.05, 0) is 0 Å². The van der Waals surface area contributed by atoms with Gasteiger partial charge in [-0.3, -0.25) is 0 Å². The zero-order chi connectivity index (χ0) is 18.6. The van der Waals surface area contributed by atoms with Gasteiger partial charge in [-0.1, -0.05) is 11.5 Å². The van der Waals surface area contributed by atoms with E-state index in [4.69, 9.17) is 0 Å². The van der Waals surface area contributed by atoms with E-state index in [0.717, 1.165) is 0 Å². The first-order valence-electron chi connectivity index (χ1n) is 5.13. The van der Waals surface area contributed by atoms with E-state index in [1.807, 2.05) is 0 Å². The van der Waals surface area contributed by atoms with E-state index in [2.05, 4.69) is 7.85 Å². The average molecular weight is 384 g/mol. The van der Waals surface area contributed by atoms with Crippen molar-refractivity contribution in [1.29, 1.82) is 0 Å². The molecule has 0 unspecified atom stereocenters. The maximum Gasteiger partial charge on any atom is 1.00 e. The number of benzene rings is 1. The quantitative estimate of drug-likeness (QED) is 0.472. The van der Waals surface area contributed by atoms with Crippen molar-refractivity contribution >= 4 is 13.3 Å². The molecule has 0 spiro atoms. The van der Waals surface area contributed by atoms with Gasteiger partial charge in [0.05, 0.1) is 22.3 Å². The minimum atomic E-state index is -6.38. The standard InChI is InChI=1S/C10HBF12.Na.H/c11-3-1-2(7(12,13)14)4(8(15,16)17)6(10(21,22)23)5(3)9(18,19)20;;/h1H;;/q;+1;-1. The molecule has 0 aliphatic rings. The molecule has 0 atom stereocenters. The number of rotatable bonds is 0. The number of alkyl halides is 12. The van der Waals surface area contributed by atoms with Crippen LogP contribution in [0.2, 0.25) is 0 Å². The fourth-order valence-electron chi connectivity index (χ4n) is 1.81. The fraction of sp³-hybridized carbons (Fsp3) is 0.400. The van der Waals surface area contributed by atoms with E-state index in [1.54, 1.807) is 0 Å². The molecule has 0 aliphatic carbocycles. The Morgan fingerprint density at radius 1 is 0.583 bits per heavy atom. The van der Waals surface area contributed by atoms with Crippen molar-refractivity contribution in [2.75, 3.05) is 0 Å². The van der Waals surface area contributed by atoms with Crippen LogP contribution in [-0.4, -0.2) is 7.85 Å². The van der Waals surface area contributed by atoms with Gasteiger partial charge in [0.15, 0.2) is 0 Å². The Morgan fingerprint density at radius 2 is 0.917 bits per heavy atom. The Balaban J connectivity index is 0. The van der Waals surface area contributed by atoms with Crippen LogP contribution < -0.4 is 35.0 Å². The Morgan fingerprint density at radius 3 is 1.17 bits per heavy atom. The summed E-state index contributed by atoms with van der Waals surface area (Å²) in [7, 11) is 4.53. The summed E-state index contributed by atoms with van der Waals surface area (Å²) in [6.07, 6.45) is -24.8. The third-order valence-corrected chi connectivity index (χ3v) is 2.51. The SMILES string of the molecule is [B]c1cc(C(F)(F)F)c(C(F)(F)F)c(C(F)(F)F)c1C(F)(F)F.[H-].[Na+]. The zero-order valence-corrected chi connectivity index (χ0v) is 13.2. The smallest absolute Gasteiger partial charge is 1.00 e. The molecule has 0 fully saturated rings. The molecular formula is C10H2BF12Na. The van der Waals surface area contributed by atoms with Crippen molar-refractivity contribution < 1.29 is 83.7 Å². The normalized spacial score (nSPS) is 13.7. The van der Waals surface area contributed by atoms with Gasteiger partial charge in [0.2, 0.25) is 0 Å². The predicted octanol–water partition coefficient (Wildman–Crippen LogP) is 1.67. The monoisotopic (exact) mass is 384 g/mol. The van der Waals surface area contributed by atoms with Gasteiger partial charge in [0.25, 0.3) is 0 Å². The van der Waals surface area contributed by atoms with Crippen LogP contribution in [0.15, 0.2) is 6.07 Å². The van der Waals surface area contributed by atoms with Gasteiger partial charge >= 0.3 is 54.3 Å². The third kappa shape index (κ3) is 4.75. The van der Waals surface area contributed by atoms with Crippen LogP contribution in [0.3, 0.4) is 0 Å². The van der Waals surface area contributed by atoms with Crippen LogP contribution >= 0.6 is 0 Å². The molecule has 0 aliphatic heterocycles. The number of hydrogen-bond donors (Lipinski definition) is 0. The van der Waals surface area contributed by atoms with E-state index < -0.39 is 58.5 Å². The van der Waals surface area contributed by atoms with Crippen molar-refractivity contribution in [2.45, 2.75) is 24.7 Å². The summed E-state index contributed by atoms with van der Waals surface area (Å²) < 4.78 is 152. The molecule has 1 aromatic carbocycles. The van der Waals surface area contributed by atoms with Gasteiger partial charge in [-0.25, -0.2) is 0 Å². The van der Waals surface area contributed by atoms with Gasteiger partial charge < -0.3 is 1.43 Å². The molecule has 0 saturated carbocycles. The van der Waals surface area contributed by atoms with Crippen LogP contribution in [0, 0.1) is 0 Å². The van der Waals surface area contributed by atoms with Gasteiger partial charge in [-0.15, -0.1) is 0 Å². The van der Waals surface area contributed by atoms with Crippen molar-refractivity contribution in [3.05, 3.63) is 28.3 Å². The van der Waals surface area contributed by atoms with Crippen molar-refractivity contribution in [3.8, 4) is 0 Å². The van der Waals surface area contributed by atoms with Crippen molar-refractivity contribution in [3.63, 3.8) is 0 Å². The molecule has 2 radical (unpaired) electrons. The van der Waals surface area contributed by atoms with Crippen LogP contribution in [0.4, 0.5) is 52.7 Å². The second kappa shape index (κ2) is 6.63. The van der Waals surface area contributed by atoms with Crippen molar-refractivity contribution in [2.24, 2.45) is 0 Å². The van der Waals surface area contributed by atoms with E-state index in [-0.39, 0.29) is 31.0 Å².